The number of carbonyl (C=O) groups excluding carboxylic acids is 2. The van der Waals surface area contributed by atoms with Gasteiger partial charge < -0.3 is 15.0 Å². The van der Waals surface area contributed by atoms with E-state index in [0.717, 1.165) is 25.8 Å². The highest BCUT2D eigenvalue weighted by molar-refractivity contribution is 9.25. The van der Waals surface area contributed by atoms with Crippen molar-refractivity contribution < 1.29 is 14.3 Å². The van der Waals surface area contributed by atoms with Crippen LogP contribution >= 0.6 is 31.9 Å². The number of alkyl halides is 2. The van der Waals surface area contributed by atoms with Gasteiger partial charge in [-0.3, -0.25) is 4.79 Å². The smallest absolute Gasteiger partial charge is 0.408 e. The maximum Gasteiger partial charge on any atom is 0.408 e. The molecule has 5 nitrogen and oxygen atoms in total. The maximum atomic E-state index is 13.0. The van der Waals surface area contributed by atoms with Gasteiger partial charge in [-0.1, -0.05) is 38.8 Å². The number of hydrogen-bond acceptors (Lipinski definition) is 3. The number of nitrogens with one attached hydrogen (secondary N) is 1. The van der Waals surface area contributed by atoms with Crippen molar-refractivity contribution >= 4 is 43.9 Å². The molecular formula is C17H26Br2N2O3. The van der Waals surface area contributed by atoms with Crippen LogP contribution in [0.25, 0.3) is 0 Å². The maximum absolute atomic E-state index is 13.0. The topological polar surface area (TPSA) is 58.6 Å². The molecule has 7 heteroatoms. The Morgan fingerprint density at radius 3 is 2.62 bits per heavy atom. The molecule has 4 atom stereocenters. The Bertz CT molecular complexity index is 561. The van der Waals surface area contributed by atoms with Gasteiger partial charge >= 0.3 is 6.09 Å². The third-order valence-corrected chi connectivity index (χ3v) is 8.46. The van der Waals surface area contributed by atoms with E-state index >= 15 is 0 Å². The molecule has 1 saturated carbocycles. The third-order valence-electron chi connectivity index (χ3n) is 5.66. The molecule has 0 aromatic rings. The fraction of sp³-hybridized carbons (Fsp3) is 0.882. The second-order valence-electron chi connectivity index (χ2n) is 8.50. The molecule has 2 amide bonds. The minimum absolute atomic E-state index is 0.0353. The number of carbonyl (C=O) groups is 2. The largest absolute Gasteiger partial charge is 0.444 e. The van der Waals surface area contributed by atoms with E-state index in [-0.39, 0.29) is 20.6 Å². The summed E-state index contributed by atoms with van der Waals surface area (Å²) >= 11 is 7.68. The van der Waals surface area contributed by atoms with E-state index in [4.69, 9.17) is 4.74 Å². The van der Waals surface area contributed by atoms with Crippen LogP contribution in [0, 0.1) is 11.3 Å². The summed E-state index contributed by atoms with van der Waals surface area (Å²) in [5.74, 6) is 0.451. The molecule has 0 radical (unpaired) electrons. The Hall–Kier alpha value is -0.300. The summed E-state index contributed by atoms with van der Waals surface area (Å²) in [6.45, 7) is 8.51. The average Bonchev–Trinajstić information content (AvgIpc) is 2.77. The van der Waals surface area contributed by atoms with Crippen molar-refractivity contribution in [1.29, 1.82) is 0 Å². The fourth-order valence-corrected chi connectivity index (χ4v) is 6.65. The molecule has 1 N–H and O–H groups in total. The van der Waals surface area contributed by atoms with Crippen LogP contribution in [0.1, 0.15) is 53.4 Å². The zero-order chi connectivity index (χ0) is 17.9. The summed E-state index contributed by atoms with van der Waals surface area (Å²) < 4.78 is 5.23. The van der Waals surface area contributed by atoms with Crippen molar-refractivity contribution in [3.63, 3.8) is 0 Å². The highest BCUT2D eigenvalue weighted by Crippen LogP contribution is 2.75. The van der Waals surface area contributed by atoms with Crippen molar-refractivity contribution in [3.8, 4) is 0 Å². The van der Waals surface area contributed by atoms with Gasteiger partial charge in [0.15, 0.2) is 0 Å². The van der Waals surface area contributed by atoms with Gasteiger partial charge in [-0.2, -0.15) is 0 Å². The van der Waals surface area contributed by atoms with Crippen molar-refractivity contribution in [2.75, 3.05) is 6.54 Å². The number of amides is 2. The van der Waals surface area contributed by atoms with Gasteiger partial charge in [0, 0.05) is 23.9 Å². The van der Waals surface area contributed by atoms with E-state index in [1.165, 1.54) is 0 Å². The molecule has 2 heterocycles. The lowest BCUT2D eigenvalue weighted by molar-refractivity contribution is -0.135. The first-order valence-corrected chi connectivity index (χ1v) is 10.2. The molecule has 3 aliphatic rings. The van der Waals surface area contributed by atoms with Crippen LogP contribution in [0.5, 0.6) is 0 Å². The number of ether oxygens (including phenoxy) is 1. The number of rotatable bonds is 1. The van der Waals surface area contributed by atoms with Crippen LogP contribution in [0.15, 0.2) is 0 Å². The Kier molecular flexibility index (Phi) is 4.52. The Balaban J connectivity index is 1.78. The van der Waals surface area contributed by atoms with Crippen LogP contribution in [0.4, 0.5) is 4.79 Å². The van der Waals surface area contributed by atoms with E-state index < -0.39 is 17.7 Å². The molecule has 0 spiro atoms. The van der Waals surface area contributed by atoms with Crippen molar-refractivity contribution in [1.82, 2.24) is 10.2 Å². The summed E-state index contributed by atoms with van der Waals surface area (Å²) in [4.78, 5) is 27.1. The number of fused-ring (bicyclic) bond motifs is 3. The second kappa shape index (κ2) is 5.86. The minimum atomic E-state index is -0.570. The lowest BCUT2D eigenvalue weighted by atomic mass is 9.90. The molecule has 3 rings (SSSR count). The van der Waals surface area contributed by atoms with Crippen molar-refractivity contribution in [2.24, 2.45) is 11.3 Å². The van der Waals surface area contributed by atoms with Crippen molar-refractivity contribution in [2.45, 2.75) is 74.3 Å². The summed E-state index contributed by atoms with van der Waals surface area (Å²) in [6, 6.07) is -0.265. The number of alkyl carbamates (subject to hydrolysis) is 1. The highest BCUT2D eigenvalue weighted by atomic mass is 79.9. The SMILES string of the molecule is CC(C)(C)OC(=O)N[C@H]1CC[C@]2(C)[C@H]([C@H]3CCCN3C1=O)C2(Br)Br. The summed E-state index contributed by atoms with van der Waals surface area (Å²) in [7, 11) is 0. The van der Waals surface area contributed by atoms with E-state index in [9.17, 15) is 9.59 Å². The van der Waals surface area contributed by atoms with Gasteiger partial charge in [0.05, 0.1) is 3.23 Å². The average molecular weight is 466 g/mol. The van der Waals surface area contributed by atoms with Gasteiger partial charge in [0.2, 0.25) is 5.91 Å². The van der Waals surface area contributed by atoms with Crippen molar-refractivity contribution in [3.05, 3.63) is 0 Å². The molecule has 24 heavy (non-hydrogen) atoms. The fourth-order valence-electron chi connectivity index (χ4n) is 4.37. The third kappa shape index (κ3) is 3.00. The highest BCUT2D eigenvalue weighted by Gasteiger charge is 2.75. The Morgan fingerprint density at radius 1 is 1.33 bits per heavy atom. The molecule has 0 aromatic heterocycles. The van der Waals surface area contributed by atoms with Crippen LogP contribution in [0.3, 0.4) is 0 Å². The van der Waals surface area contributed by atoms with E-state index in [1.54, 1.807) is 0 Å². The summed E-state index contributed by atoms with van der Waals surface area (Å²) in [6.07, 6.45) is 3.05. The zero-order valence-electron chi connectivity index (χ0n) is 14.7. The molecule has 2 aliphatic heterocycles. The first-order valence-electron chi connectivity index (χ1n) is 8.65. The molecule has 0 aromatic carbocycles. The summed E-state index contributed by atoms with van der Waals surface area (Å²) in [5.41, 5.74) is -0.478. The quantitative estimate of drug-likeness (QED) is 0.599. The van der Waals surface area contributed by atoms with Crippen LogP contribution in [0.2, 0.25) is 0 Å². The minimum Gasteiger partial charge on any atom is -0.444 e. The van der Waals surface area contributed by atoms with Crippen LogP contribution < -0.4 is 5.32 Å². The predicted molar refractivity (Wildman–Crippen MR) is 99.3 cm³/mol. The van der Waals surface area contributed by atoms with Gasteiger partial charge in [-0.25, -0.2) is 4.79 Å². The Morgan fingerprint density at radius 2 is 2.00 bits per heavy atom. The van der Waals surface area contributed by atoms with Crippen LogP contribution in [-0.2, 0) is 9.53 Å². The Labute approximate surface area is 160 Å². The standard InChI is InChI=1S/C17H26Br2N2O3/c1-15(2,3)24-14(23)20-10-7-8-16(4)12(17(16,18)19)11-6-5-9-21(11)13(10)22/h10-12H,5-9H2,1-4H3,(H,20,23)/t10-,11+,12-,16+/m0/s1. The molecular weight excluding hydrogens is 440 g/mol. The lowest BCUT2D eigenvalue weighted by Gasteiger charge is -2.33. The molecule has 3 fully saturated rings. The van der Waals surface area contributed by atoms with Gasteiger partial charge in [0.1, 0.15) is 11.6 Å². The number of nitrogens with zero attached hydrogens (tertiary/aromatic N) is 1. The zero-order valence-corrected chi connectivity index (χ0v) is 17.9. The number of hydrogen-bond donors (Lipinski definition) is 1. The second-order valence-corrected chi connectivity index (χ2v) is 12.1. The molecule has 0 unspecified atom stereocenters. The van der Waals surface area contributed by atoms with Gasteiger partial charge in [-0.05, 0) is 46.5 Å². The first-order chi connectivity index (χ1) is 11.0. The van der Waals surface area contributed by atoms with E-state index in [0.29, 0.717) is 12.3 Å². The lowest BCUT2D eigenvalue weighted by Crippen LogP contribution is -2.52. The van der Waals surface area contributed by atoms with E-state index in [2.05, 4.69) is 44.1 Å². The van der Waals surface area contributed by atoms with E-state index in [1.807, 2.05) is 25.7 Å². The van der Waals surface area contributed by atoms with Crippen LogP contribution in [-0.4, -0.2) is 44.4 Å². The molecule has 2 saturated heterocycles. The molecule has 136 valence electrons. The predicted octanol–water partition coefficient (Wildman–Crippen LogP) is 3.79. The monoisotopic (exact) mass is 464 g/mol. The molecule has 1 aliphatic carbocycles. The number of halogens is 2. The normalized spacial score (nSPS) is 37.8. The first kappa shape index (κ1) is 18.5. The summed E-state index contributed by atoms with van der Waals surface area (Å²) in [5, 5.41) is 2.81. The molecule has 0 bridgehead atoms. The van der Waals surface area contributed by atoms with Gasteiger partial charge in [-0.15, -0.1) is 0 Å². The van der Waals surface area contributed by atoms with Gasteiger partial charge in [0.25, 0.3) is 0 Å².